The first kappa shape index (κ1) is 44.6. The summed E-state index contributed by atoms with van der Waals surface area (Å²) in [6, 6.07) is 28.6. The molecule has 1 aliphatic carbocycles. The Bertz CT molecular complexity index is 2350. The van der Waals surface area contributed by atoms with Gasteiger partial charge in [0.1, 0.15) is 5.69 Å². The summed E-state index contributed by atoms with van der Waals surface area (Å²) in [5.41, 5.74) is 6.57. The summed E-state index contributed by atoms with van der Waals surface area (Å²) in [5, 5.41) is 16.4. The number of carbonyl (C=O) groups is 1. The van der Waals surface area contributed by atoms with Gasteiger partial charge in [0.15, 0.2) is 0 Å². The number of thioether (sulfide) groups is 1. The first-order chi connectivity index (χ1) is 29.3. The zero-order valence-electron chi connectivity index (χ0n) is 34.8. The molecule has 0 bridgehead atoms. The molecule has 3 aliphatic rings. The Hall–Kier alpha value is -4.50. The zero-order chi connectivity index (χ0) is 43.0. The molecule has 0 radical (unpaired) electrons. The van der Waals surface area contributed by atoms with Crippen LogP contribution in [0.2, 0.25) is 5.02 Å². The van der Waals surface area contributed by atoms with Crippen LogP contribution in [0, 0.1) is 15.5 Å². The number of carbonyl (C=O) groups excluding carboxylic acids is 1. The van der Waals surface area contributed by atoms with Gasteiger partial charge in [-0.1, -0.05) is 79.6 Å². The fraction of sp³-hybridized carbons (Fsp3) is 0.383. The molecule has 0 unspecified atom stereocenters. The standard InChI is InChI=1S/C47H54ClN5O6S2/c1-47(2)22-18-43(36-12-14-39(48)15-13-36)38(31-47)32-52-23-19-35(20-24-52)34-8-10-37(11-9-34)46(54)50-61(57,58)42-16-17-44(45(30-42)53(55)56)49-40(21-25-51-26-28-59-29-27-51)33-60-41-6-4-3-5-7-41/h3-17,19,30,40,49H,18,20-29,31-33H2,1-2H3,(H,50,54)/t40-/m1/s1. The van der Waals surface area contributed by atoms with Crippen LogP contribution in [0.4, 0.5) is 11.4 Å². The summed E-state index contributed by atoms with van der Waals surface area (Å²) < 4.78 is 34.6. The molecule has 1 saturated heterocycles. The van der Waals surface area contributed by atoms with E-state index in [0.717, 1.165) is 86.5 Å². The maximum atomic E-state index is 13.5. The molecular weight excluding hydrogens is 830 g/mol. The van der Waals surface area contributed by atoms with E-state index in [1.165, 1.54) is 34.4 Å². The second-order valence-electron chi connectivity index (χ2n) is 16.8. The van der Waals surface area contributed by atoms with Crippen LogP contribution in [0.1, 0.15) is 67.4 Å². The molecule has 1 fully saturated rings. The summed E-state index contributed by atoms with van der Waals surface area (Å²) >= 11 is 7.84. The second kappa shape index (κ2) is 20.1. The molecule has 61 heavy (non-hydrogen) atoms. The van der Waals surface area contributed by atoms with E-state index < -0.39 is 20.9 Å². The number of allylic oxidation sites excluding steroid dienone is 1. The number of halogens is 1. The third kappa shape index (κ3) is 12.1. The van der Waals surface area contributed by atoms with E-state index in [1.54, 1.807) is 23.9 Å². The lowest BCUT2D eigenvalue weighted by molar-refractivity contribution is -0.384. The number of sulfonamides is 1. The van der Waals surface area contributed by atoms with Gasteiger partial charge in [0, 0.05) is 72.6 Å². The number of hydrogen-bond acceptors (Lipinski definition) is 10. The third-order valence-corrected chi connectivity index (χ3v) is 14.5. The van der Waals surface area contributed by atoms with Crippen LogP contribution in [0.3, 0.4) is 0 Å². The molecule has 1 amide bonds. The van der Waals surface area contributed by atoms with Crippen molar-refractivity contribution >= 4 is 61.8 Å². The molecule has 7 rings (SSSR count). The molecule has 4 aromatic carbocycles. The molecule has 2 N–H and O–H groups in total. The minimum atomic E-state index is -4.44. The molecule has 4 aromatic rings. The van der Waals surface area contributed by atoms with Gasteiger partial charge in [0.05, 0.1) is 23.0 Å². The van der Waals surface area contributed by atoms with E-state index in [1.807, 2.05) is 54.6 Å². The average Bonchev–Trinajstić information content (AvgIpc) is 3.25. The van der Waals surface area contributed by atoms with Crippen molar-refractivity contribution in [2.45, 2.75) is 61.8 Å². The molecule has 0 saturated carbocycles. The molecule has 11 nitrogen and oxygen atoms in total. The van der Waals surface area contributed by atoms with Crippen molar-refractivity contribution in [2.75, 3.05) is 63.6 Å². The number of benzene rings is 4. The number of nitro benzene ring substituents is 1. The van der Waals surface area contributed by atoms with Gasteiger partial charge in [-0.3, -0.25) is 24.7 Å². The van der Waals surface area contributed by atoms with Crippen LogP contribution < -0.4 is 10.0 Å². The Kier molecular flexibility index (Phi) is 14.7. The van der Waals surface area contributed by atoms with Crippen molar-refractivity contribution < 1.29 is 22.9 Å². The molecule has 2 aliphatic heterocycles. The molecule has 14 heteroatoms. The lowest BCUT2D eigenvalue weighted by Crippen LogP contribution is -2.39. The molecule has 322 valence electrons. The van der Waals surface area contributed by atoms with Crippen LogP contribution in [0.25, 0.3) is 11.1 Å². The maximum absolute atomic E-state index is 13.5. The highest BCUT2D eigenvalue weighted by molar-refractivity contribution is 7.99. The van der Waals surface area contributed by atoms with Crippen LogP contribution in [-0.4, -0.2) is 93.3 Å². The highest BCUT2D eigenvalue weighted by atomic mass is 35.5. The van der Waals surface area contributed by atoms with E-state index in [-0.39, 0.29) is 33.3 Å². The fourth-order valence-corrected chi connectivity index (χ4v) is 10.4. The van der Waals surface area contributed by atoms with Gasteiger partial charge < -0.3 is 10.1 Å². The van der Waals surface area contributed by atoms with Crippen LogP contribution in [0.5, 0.6) is 0 Å². The number of nitrogens with zero attached hydrogens (tertiary/aromatic N) is 3. The van der Waals surface area contributed by atoms with Gasteiger partial charge in [0.25, 0.3) is 21.6 Å². The SMILES string of the molecule is CC1(C)CCC(c2ccc(Cl)cc2)=C(CN2CC=C(c3ccc(C(=O)NS(=O)(=O)c4ccc(N[C@H](CCN5CCOCC5)CSc5ccccc5)c([N+](=O)[O-])c4)cc3)CC2)C1. The first-order valence-electron chi connectivity index (χ1n) is 20.9. The van der Waals surface area contributed by atoms with Crippen LogP contribution in [-0.2, 0) is 14.8 Å². The molecular formula is C47H54ClN5O6S2. The molecule has 0 aromatic heterocycles. The highest BCUT2D eigenvalue weighted by Crippen LogP contribution is 2.43. The van der Waals surface area contributed by atoms with Crippen molar-refractivity contribution in [3.8, 4) is 0 Å². The topological polar surface area (TPSA) is 134 Å². The minimum absolute atomic E-state index is 0.152. The van der Waals surface area contributed by atoms with Crippen molar-refractivity contribution in [1.29, 1.82) is 0 Å². The highest BCUT2D eigenvalue weighted by Gasteiger charge is 2.30. The number of nitrogens with one attached hydrogen (secondary N) is 2. The van der Waals surface area contributed by atoms with Gasteiger partial charge in [-0.25, -0.2) is 13.1 Å². The van der Waals surface area contributed by atoms with Gasteiger partial charge in [-0.2, -0.15) is 0 Å². The quantitative estimate of drug-likeness (QED) is 0.0637. The lowest BCUT2D eigenvalue weighted by Gasteiger charge is -2.36. The average molecular weight is 885 g/mol. The number of morpholine rings is 1. The Morgan fingerprint density at radius 2 is 1.66 bits per heavy atom. The summed E-state index contributed by atoms with van der Waals surface area (Å²) in [6.45, 7) is 11.1. The van der Waals surface area contributed by atoms with E-state index in [2.05, 4.69) is 51.9 Å². The fourth-order valence-electron chi connectivity index (χ4n) is 8.27. The van der Waals surface area contributed by atoms with Gasteiger partial charge in [-0.05, 0) is 108 Å². The van der Waals surface area contributed by atoms with Gasteiger partial charge in [-0.15, -0.1) is 11.8 Å². The summed E-state index contributed by atoms with van der Waals surface area (Å²) in [7, 11) is -4.44. The third-order valence-electron chi connectivity index (χ3n) is 11.7. The minimum Gasteiger partial charge on any atom is -0.379 e. The predicted octanol–water partition coefficient (Wildman–Crippen LogP) is 9.42. The Morgan fingerprint density at radius 1 is 0.934 bits per heavy atom. The monoisotopic (exact) mass is 883 g/mol. The van der Waals surface area contributed by atoms with Crippen molar-refractivity contribution in [3.63, 3.8) is 0 Å². The Morgan fingerprint density at radius 3 is 2.34 bits per heavy atom. The zero-order valence-corrected chi connectivity index (χ0v) is 37.2. The number of nitro groups is 1. The molecule has 2 heterocycles. The van der Waals surface area contributed by atoms with Gasteiger partial charge in [0.2, 0.25) is 0 Å². The summed E-state index contributed by atoms with van der Waals surface area (Å²) in [5.74, 6) is -0.179. The number of rotatable bonds is 16. The van der Waals surface area contributed by atoms with Crippen LogP contribution >= 0.6 is 23.4 Å². The number of anilines is 1. The second-order valence-corrected chi connectivity index (χ2v) is 20.0. The molecule has 0 spiro atoms. The largest absolute Gasteiger partial charge is 0.379 e. The summed E-state index contributed by atoms with van der Waals surface area (Å²) in [6.07, 6.45) is 7.05. The van der Waals surface area contributed by atoms with Crippen molar-refractivity contribution in [2.24, 2.45) is 5.41 Å². The van der Waals surface area contributed by atoms with E-state index in [4.69, 9.17) is 16.3 Å². The van der Waals surface area contributed by atoms with E-state index >= 15 is 0 Å². The Labute approximate surface area is 368 Å². The molecule has 1 atom stereocenters. The van der Waals surface area contributed by atoms with Gasteiger partial charge >= 0.3 is 0 Å². The number of amides is 1. The van der Waals surface area contributed by atoms with Crippen molar-refractivity contribution in [1.82, 2.24) is 14.5 Å². The lowest BCUT2D eigenvalue weighted by atomic mass is 9.72. The smallest absolute Gasteiger partial charge is 0.293 e. The van der Waals surface area contributed by atoms with Crippen LogP contribution in [0.15, 0.2) is 119 Å². The number of hydrogen-bond donors (Lipinski definition) is 2. The number of ether oxygens (including phenoxy) is 1. The maximum Gasteiger partial charge on any atom is 0.293 e. The van der Waals surface area contributed by atoms with Crippen molar-refractivity contribution in [3.05, 3.63) is 141 Å². The summed E-state index contributed by atoms with van der Waals surface area (Å²) in [4.78, 5) is 30.5. The normalized spacial score (nSPS) is 18.0. The van der Waals surface area contributed by atoms with E-state index in [9.17, 15) is 23.3 Å². The first-order valence-corrected chi connectivity index (χ1v) is 23.8. The predicted molar refractivity (Wildman–Crippen MR) is 246 cm³/mol. The van der Waals surface area contributed by atoms with E-state index in [0.29, 0.717) is 25.4 Å². The Balaban J connectivity index is 0.982.